The SMILES string of the molecule is CCSCC(N)c1c(Cl)cnn1CCN(C)C. The van der Waals surface area contributed by atoms with E-state index >= 15 is 0 Å². The number of nitrogens with zero attached hydrogens (tertiary/aromatic N) is 3. The summed E-state index contributed by atoms with van der Waals surface area (Å²) in [4.78, 5) is 2.12. The molecule has 4 nitrogen and oxygen atoms in total. The third-order valence-electron chi connectivity index (χ3n) is 2.45. The highest BCUT2D eigenvalue weighted by Gasteiger charge is 2.16. The Bertz CT molecular complexity index is 340. The molecule has 1 aromatic rings. The second-order valence-electron chi connectivity index (χ2n) is 4.17. The van der Waals surface area contributed by atoms with Gasteiger partial charge in [-0.25, -0.2) is 0 Å². The van der Waals surface area contributed by atoms with Gasteiger partial charge in [-0.2, -0.15) is 16.9 Å². The van der Waals surface area contributed by atoms with Gasteiger partial charge >= 0.3 is 0 Å². The van der Waals surface area contributed by atoms with E-state index in [4.69, 9.17) is 17.3 Å². The molecule has 1 aromatic heterocycles. The lowest BCUT2D eigenvalue weighted by molar-refractivity contribution is 0.367. The standard InChI is InChI=1S/C11H21ClN4S/c1-4-17-8-10(13)11-9(12)7-14-16(11)6-5-15(2)3/h7,10H,4-6,8,13H2,1-3H3. The Morgan fingerprint density at radius 2 is 2.29 bits per heavy atom. The number of hydrogen-bond donors (Lipinski definition) is 1. The number of halogens is 1. The van der Waals surface area contributed by atoms with Crippen LogP contribution in [0.25, 0.3) is 0 Å². The average molecular weight is 277 g/mol. The van der Waals surface area contributed by atoms with Crippen LogP contribution in [0.5, 0.6) is 0 Å². The van der Waals surface area contributed by atoms with Gasteiger partial charge in [-0.3, -0.25) is 4.68 Å². The Balaban J connectivity index is 2.71. The van der Waals surface area contributed by atoms with Gasteiger partial charge in [-0.1, -0.05) is 18.5 Å². The zero-order valence-corrected chi connectivity index (χ0v) is 12.3. The van der Waals surface area contributed by atoms with Gasteiger partial charge in [-0.05, 0) is 19.8 Å². The highest BCUT2D eigenvalue weighted by Crippen LogP contribution is 2.23. The van der Waals surface area contributed by atoms with Crippen LogP contribution in [0.4, 0.5) is 0 Å². The minimum Gasteiger partial charge on any atom is -0.322 e. The summed E-state index contributed by atoms with van der Waals surface area (Å²) in [5, 5.41) is 4.96. The van der Waals surface area contributed by atoms with Crippen molar-refractivity contribution in [3.8, 4) is 0 Å². The summed E-state index contributed by atoms with van der Waals surface area (Å²) >= 11 is 7.97. The Kier molecular flexibility index (Phi) is 6.33. The lowest BCUT2D eigenvalue weighted by atomic mass is 10.2. The maximum Gasteiger partial charge on any atom is 0.0834 e. The molecule has 0 amide bonds. The molecule has 0 saturated heterocycles. The minimum atomic E-state index is -0.0443. The highest BCUT2D eigenvalue weighted by atomic mass is 35.5. The van der Waals surface area contributed by atoms with Crippen molar-refractivity contribution in [3.05, 3.63) is 16.9 Å². The van der Waals surface area contributed by atoms with Gasteiger partial charge in [0, 0.05) is 12.3 Å². The van der Waals surface area contributed by atoms with Gasteiger partial charge in [0.2, 0.25) is 0 Å². The molecule has 0 aromatic carbocycles. The first-order valence-electron chi connectivity index (χ1n) is 5.75. The summed E-state index contributed by atoms with van der Waals surface area (Å²) in [7, 11) is 4.08. The van der Waals surface area contributed by atoms with Crippen LogP contribution in [-0.2, 0) is 6.54 Å². The molecule has 2 N–H and O–H groups in total. The highest BCUT2D eigenvalue weighted by molar-refractivity contribution is 7.99. The normalized spacial score (nSPS) is 13.3. The van der Waals surface area contributed by atoms with Gasteiger partial charge in [0.15, 0.2) is 0 Å². The smallest absolute Gasteiger partial charge is 0.0834 e. The predicted octanol–water partition coefficient (Wildman–Crippen LogP) is 1.85. The van der Waals surface area contributed by atoms with Crippen LogP contribution in [0.3, 0.4) is 0 Å². The Morgan fingerprint density at radius 3 is 2.88 bits per heavy atom. The van der Waals surface area contributed by atoms with Gasteiger partial charge in [-0.15, -0.1) is 0 Å². The molecular weight excluding hydrogens is 256 g/mol. The van der Waals surface area contributed by atoms with Crippen molar-refractivity contribution in [1.82, 2.24) is 14.7 Å². The van der Waals surface area contributed by atoms with E-state index in [-0.39, 0.29) is 6.04 Å². The monoisotopic (exact) mass is 276 g/mol. The molecule has 1 heterocycles. The summed E-state index contributed by atoms with van der Waals surface area (Å²) in [5.74, 6) is 1.95. The zero-order valence-electron chi connectivity index (χ0n) is 10.7. The number of rotatable bonds is 7. The molecule has 1 unspecified atom stereocenters. The van der Waals surface area contributed by atoms with Crippen LogP contribution in [0, 0.1) is 0 Å². The number of aromatic nitrogens is 2. The van der Waals surface area contributed by atoms with Crippen molar-refractivity contribution in [1.29, 1.82) is 0 Å². The molecule has 0 aliphatic heterocycles. The van der Waals surface area contributed by atoms with Gasteiger partial charge in [0.25, 0.3) is 0 Å². The third-order valence-corrected chi connectivity index (χ3v) is 3.74. The maximum atomic E-state index is 6.15. The van der Waals surface area contributed by atoms with E-state index in [2.05, 4.69) is 16.9 Å². The maximum absolute atomic E-state index is 6.15. The fourth-order valence-corrected chi connectivity index (χ4v) is 2.47. The second-order valence-corrected chi connectivity index (χ2v) is 5.90. The number of likely N-dealkylation sites (N-methyl/N-ethyl adjacent to an activating group) is 1. The Morgan fingerprint density at radius 1 is 1.59 bits per heavy atom. The fraction of sp³-hybridized carbons (Fsp3) is 0.727. The van der Waals surface area contributed by atoms with Gasteiger partial charge in [0.1, 0.15) is 0 Å². The van der Waals surface area contributed by atoms with E-state index in [1.165, 1.54) is 0 Å². The Hall–Kier alpha value is -0.230. The first kappa shape index (κ1) is 14.8. The molecule has 17 heavy (non-hydrogen) atoms. The zero-order chi connectivity index (χ0) is 12.8. The molecule has 0 bridgehead atoms. The molecule has 1 rings (SSSR count). The summed E-state index contributed by atoms with van der Waals surface area (Å²) in [5.41, 5.74) is 7.11. The molecule has 0 fully saturated rings. The van der Waals surface area contributed by atoms with Gasteiger partial charge in [0.05, 0.1) is 29.5 Å². The molecule has 0 saturated carbocycles. The van der Waals surface area contributed by atoms with E-state index < -0.39 is 0 Å². The molecular formula is C11H21ClN4S. The first-order chi connectivity index (χ1) is 8.06. The average Bonchev–Trinajstić information content (AvgIpc) is 2.64. The molecule has 6 heteroatoms. The van der Waals surface area contributed by atoms with Crippen molar-refractivity contribution in [3.63, 3.8) is 0 Å². The van der Waals surface area contributed by atoms with E-state index in [0.29, 0.717) is 5.02 Å². The predicted molar refractivity (Wildman–Crippen MR) is 75.7 cm³/mol. The number of hydrogen-bond acceptors (Lipinski definition) is 4. The first-order valence-corrected chi connectivity index (χ1v) is 7.28. The topological polar surface area (TPSA) is 47.1 Å². The van der Waals surface area contributed by atoms with Crippen LogP contribution in [0.2, 0.25) is 5.02 Å². The van der Waals surface area contributed by atoms with Crippen LogP contribution in [0.1, 0.15) is 18.7 Å². The quantitative estimate of drug-likeness (QED) is 0.826. The summed E-state index contributed by atoms with van der Waals surface area (Å²) in [6, 6.07) is -0.0443. The van der Waals surface area contributed by atoms with Crippen LogP contribution in [0.15, 0.2) is 6.20 Å². The van der Waals surface area contributed by atoms with Gasteiger partial charge < -0.3 is 10.6 Å². The fourth-order valence-electron chi connectivity index (χ4n) is 1.54. The van der Waals surface area contributed by atoms with E-state index in [0.717, 1.165) is 30.3 Å². The van der Waals surface area contributed by atoms with Crippen LogP contribution in [-0.4, -0.2) is 46.8 Å². The van der Waals surface area contributed by atoms with Crippen molar-refractivity contribution in [2.24, 2.45) is 5.73 Å². The van der Waals surface area contributed by atoms with E-state index in [9.17, 15) is 0 Å². The van der Waals surface area contributed by atoms with Crippen molar-refractivity contribution < 1.29 is 0 Å². The lowest BCUT2D eigenvalue weighted by Crippen LogP contribution is -2.24. The largest absolute Gasteiger partial charge is 0.322 e. The molecule has 0 aliphatic rings. The second kappa shape index (κ2) is 7.26. The summed E-state index contributed by atoms with van der Waals surface area (Å²) in [6.07, 6.45) is 1.68. The Labute approximate surface area is 112 Å². The third kappa shape index (κ3) is 4.50. The molecule has 1 atom stereocenters. The summed E-state index contributed by atoms with van der Waals surface area (Å²) in [6.45, 7) is 3.88. The molecule has 98 valence electrons. The van der Waals surface area contributed by atoms with E-state index in [1.807, 2.05) is 30.5 Å². The van der Waals surface area contributed by atoms with E-state index in [1.54, 1.807) is 6.20 Å². The lowest BCUT2D eigenvalue weighted by Gasteiger charge is -2.16. The number of nitrogens with two attached hydrogens (primary N) is 1. The van der Waals surface area contributed by atoms with Crippen LogP contribution >= 0.6 is 23.4 Å². The summed E-state index contributed by atoms with van der Waals surface area (Å²) < 4.78 is 1.92. The molecule has 0 spiro atoms. The van der Waals surface area contributed by atoms with Crippen molar-refractivity contribution in [2.45, 2.75) is 19.5 Å². The molecule has 0 radical (unpaired) electrons. The molecule has 0 aliphatic carbocycles. The van der Waals surface area contributed by atoms with Crippen molar-refractivity contribution in [2.75, 3.05) is 32.1 Å². The van der Waals surface area contributed by atoms with Crippen LogP contribution < -0.4 is 5.73 Å². The van der Waals surface area contributed by atoms with Crippen molar-refractivity contribution >= 4 is 23.4 Å². The number of thioether (sulfide) groups is 1. The minimum absolute atomic E-state index is 0.0443.